The van der Waals surface area contributed by atoms with E-state index < -0.39 is 0 Å². The molecule has 2 aliphatic heterocycles. The Kier molecular flexibility index (Phi) is 4.57. The van der Waals surface area contributed by atoms with Gasteiger partial charge >= 0.3 is 0 Å². The molecule has 0 radical (unpaired) electrons. The van der Waals surface area contributed by atoms with Crippen molar-refractivity contribution in [2.45, 2.75) is 51.7 Å². The predicted molar refractivity (Wildman–Crippen MR) is 83.8 cm³/mol. The van der Waals surface area contributed by atoms with Gasteiger partial charge in [-0.05, 0) is 33.1 Å². The van der Waals surface area contributed by atoms with Crippen molar-refractivity contribution in [3.8, 4) is 0 Å². The van der Waals surface area contributed by atoms with E-state index in [0.717, 1.165) is 42.8 Å². The Bertz CT molecular complexity index is 541. The van der Waals surface area contributed by atoms with Gasteiger partial charge in [0.15, 0.2) is 0 Å². The van der Waals surface area contributed by atoms with E-state index in [2.05, 4.69) is 29.1 Å². The molecule has 1 fully saturated rings. The summed E-state index contributed by atoms with van der Waals surface area (Å²) in [6.45, 7) is 6.32. The van der Waals surface area contributed by atoms with Gasteiger partial charge in [0.05, 0.1) is 5.69 Å². The lowest BCUT2D eigenvalue weighted by atomic mass is 10.1. The zero-order valence-electron chi connectivity index (χ0n) is 13.3. The normalized spacial score (nSPS) is 21.6. The van der Waals surface area contributed by atoms with E-state index in [-0.39, 0.29) is 12.0 Å². The van der Waals surface area contributed by atoms with Crippen molar-refractivity contribution in [2.75, 3.05) is 25.0 Å². The van der Waals surface area contributed by atoms with Crippen molar-refractivity contribution in [3.05, 3.63) is 17.6 Å². The number of hydrogen-bond acceptors (Lipinski definition) is 5. The predicted octanol–water partition coefficient (Wildman–Crippen LogP) is 1.40. The van der Waals surface area contributed by atoms with E-state index in [1.54, 1.807) is 6.33 Å². The first-order valence-corrected chi connectivity index (χ1v) is 8.15. The third-order valence-corrected chi connectivity index (χ3v) is 4.23. The molecule has 0 saturated carbocycles. The third-order valence-electron chi connectivity index (χ3n) is 4.23. The van der Waals surface area contributed by atoms with Crippen LogP contribution in [0.15, 0.2) is 6.33 Å². The lowest BCUT2D eigenvalue weighted by Crippen LogP contribution is -2.40. The highest BCUT2D eigenvalue weighted by Gasteiger charge is 2.30. The van der Waals surface area contributed by atoms with Gasteiger partial charge < -0.3 is 15.0 Å². The Balaban J connectivity index is 1.73. The van der Waals surface area contributed by atoms with Crippen molar-refractivity contribution in [1.29, 1.82) is 0 Å². The largest absolute Gasteiger partial charge is 0.368 e. The van der Waals surface area contributed by atoms with E-state index in [1.165, 1.54) is 0 Å². The first kappa shape index (κ1) is 15.2. The Morgan fingerprint density at radius 3 is 2.91 bits per heavy atom. The van der Waals surface area contributed by atoms with Gasteiger partial charge in [-0.2, -0.15) is 0 Å². The van der Waals surface area contributed by atoms with Crippen LogP contribution in [0.1, 0.15) is 37.9 Å². The second kappa shape index (κ2) is 6.60. The number of ether oxygens (including phenoxy) is 1. The summed E-state index contributed by atoms with van der Waals surface area (Å²) >= 11 is 0. The molecule has 0 spiro atoms. The lowest BCUT2D eigenvalue weighted by Gasteiger charge is -2.23. The van der Waals surface area contributed by atoms with Crippen LogP contribution in [0.25, 0.3) is 0 Å². The fraction of sp³-hybridized carbons (Fsp3) is 0.688. The van der Waals surface area contributed by atoms with Gasteiger partial charge in [-0.25, -0.2) is 9.97 Å². The standard InChI is InChI=1S/C16H24N4O2/c1-11(2)19-15-12-5-7-20(8-6-13(12)17-10-18-15)16(21)14-4-3-9-22-14/h10-11,14H,3-9H2,1-2H3,(H,17,18,19)/t14-/m0/s1. The van der Waals surface area contributed by atoms with Gasteiger partial charge in [0, 0.05) is 37.7 Å². The van der Waals surface area contributed by atoms with E-state index in [1.807, 2.05) is 4.90 Å². The highest BCUT2D eigenvalue weighted by Crippen LogP contribution is 2.22. The Morgan fingerprint density at radius 1 is 1.36 bits per heavy atom. The first-order valence-electron chi connectivity index (χ1n) is 8.15. The molecule has 1 aromatic heterocycles. The summed E-state index contributed by atoms with van der Waals surface area (Å²) in [6.07, 6.45) is 4.79. The monoisotopic (exact) mass is 304 g/mol. The smallest absolute Gasteiger partial charge is 0.251 e. The quantitative estimate of drug-likeness (QED) is 0.914. The van der Waals surface area contributed by atoms with Crippen molar-refractivity contribution < 1.29 is 9.53 Å². The van der Waals surface area contributed by atoms with Gasteiger partial charge in [-0.3, -0.25) is 4.79 Å². The third kappa shape index (κ3) is 3.21. The summed E-state index contributed by atoms with van der Waals surface area (Å²) in [6, 6.07) is 0.326. The van der Waals surface area contributed by atoms with Gasteiger partial charge in [0.2, 0.25) is 0 Å². The molecule has 3 rings (SSSR count). The zero-order chi connectivity index (χ0) is 15.5. The highest BCUT2D eigenvalue weighted by molar-refractivity contribution is 5.81. The molecular formula is C16H24N4O2. The van der Waals surface area contributed by atoms with Gasteiger partial charge in [-0.1, -0.05) is 0 Å². The maximum atomic E-state index is 12.5. The number of aromatic nitrogens is 2. The summed E-state index contributed by atoms with van der Waals surface area (Å²) in [4.78, 5) is 23.2. The molecule has 1 aromatic rings. The number of fused-ring (bicyclic) bond motifs is 1. The molecule has 0 aliphatic carbocycles. The Hall–Kier alpha value is -1.69. The summed E-state index contributed by atoms with van der Waals surface area (Å²) in [7, 11) is 0. The fourth-order valence-corrected chi connectivity index (χ4v) is 3.12. The topological polar surface area (TPSA) is 67.4 Å². The minimum atomic E-state index is -0.236. The van der Waals surface area contributed by atoms with Crippen LogP contribution in [-0.4, -0.2) is 52.6 Å². The number of rotatable bonds is 3. The van der Waals surface area contributed by atoms with E-state index in [0.29, 0.717) is 25.7 Å². The molecule has 0 bridgehead atoms. The highest BCUT2D eigenvalue weighted by atomic mass is 16.5. The van der Waals surface area contributed by atoms with Gasteiger partial charge in [0.1, 0.15) is 18.2 Å². The average molecular weight is 304 g/mol. The fourth-order valence-electron chi connectivity index (χ4n) is 3.12. The minimum Gasteiger partial charge on any atom is -0.368 e. The second-order valence-corrected chi connectivity index (χ2v) is 6.27. The van der Waals surface area contributed by atoms with Crippen LogP contribution in [-0.2, 0) is 22.4 Å². The van der Waals surface area contributed by atoms with E-state index in [4.69, 9.17) is 4.74 Å². The number of carbonyl (C=O) groups excluding carboxylic acids is 1. The molecule has 2 aliphatic rings. The molecule has 22 heavy (non-hydrogen) atoms. The number of anilines is 1. The van der Waals surface area contributed by atoms with Crippen LogP contribution >= 0.6 is 0 Å². The Labute approximate surface area is 131 Å². The maximum Gasteiger partial charge on any atom is 0.251 e. The molecule has 6 heteroatoms. The van der Waals surface area contributed by atoms with Crippen molar-refractivity contribution in [1.82, 2.24) is 14.9 Å². The summed E-state index contributed by atoms with van der Waals surface area (Å²) in [5.74, 6) is 1.04. The average Bonchev–Trinajstić information content (AvgIpc) is 2.93. The molecule has 120 valence electrons. The number of nitrogens with one attached hydrogen (secondary N) is 1. The van der Waals surface area contributed by atoms with Crippen LogP contribution < -0.4 is 5.32 Å². The van der Waals surface area contributed by atoms with Crippen LogP contribution in [0.3, 0.4) is 0 Å². The lowest BCUT2D eigenvalue weighted by molar-refractivity contribution is -0.140. The van der Waals surface area contributed by atoms with E-state index in [9.17, 15) is 4.79 Å². The first-order chi connectivity index (χ1) is 10.6. The molecule has 6 nitrogen and oxygen atoms in total. The molecule has 3 heterocycles. The van der Waals surface area contributed by atoms with Gasteiger partial charge in [-0.15, -0.1) is 0 Å². The zero-order valence-corrected chi connectivity index (χ0v) is 13.3. The second-order valence-electron chi connectivity index (χ2n) is 6.27. The summed E-state index contributed by atoms with van der Waals surface area (Å²) in [5.41, 5.74) is 2.21. The number of nitrogens with zero attached hydrogens (tertiary/aromatic N) is 3. The number of hydrogen-bond donors (Lipinski definition) is 1. The SMILES string of the molecule is CC(C)Nc1ncnc2c1CCN(C(=O)[C@@H]1CCCO1)CC2. The van der Waals surface area contributed by atoms with Crippen molar-refractivity contribution >= 4 is 11.7 Å². The molecule has 0 unspecified atom stereocenters. The van der Waals surface area contributed by atoms with E-state index >= 15 is 0 Å². The minimum absolute atomic E-state index is 0.136. The maximum absolute atomic E-state index is 12.5. The summed E-state index contributed by atoms with van der Waals surface area (Å²) in [5, 5.41) is 3.38. The molecule has 0 aromatic carbocycles. The Morgan fingerprint density at radius 2 is 2.18 bits per heavy atom. The molecule has 1 N–H and O–H groups in total. The van der Waals surface area contributed by atoms with Crippen LogP contribution in [0.5, 0.6) is 0 Å². The number of carbonyl (C=O) groups is 1. The molecule has 1 saturated heterocycles. The van der Waals surface area contributed by atoms with Crippen LogP contribution in [0, 0.1) is 0 Å². The van der Waals surface area contributed by atoms with Gasteiger partial charge in [0.25, 0.3) is 5.91 Å². The van der Waals surface area contributed by atoms with Crippen molar-refractivity contribution in [3.63, 3.8) is 0 Å². The van der Waals surface area contributed by atoms with Crippen LogP contribution in [0.2, 0.25) is 0 Å². The molecule has 1 amide bonds. The summed E-state index contributed by atoms with van der Waals surface area (Å²) < 4.78 is 5.53. The molecule has 1 atom stereocenters. The van der Waals surface area contributed by atoms with Crippen LogP contribution in [0.4, 0.5) is 5.82 Å². The number of amides is 1. The molecular weight excluding hydrogens is 280 g/mol. The van der Waals surface area contributed by atoms with Crippen molar-refractivity contribution in [2.24, 2.45) is 0 Å².